The molecule has 1 heterocycles. The molecule has 0 aliphatic heterocycles. The van der Waals surface area contributed by atoms with Gasteiger partial charge in [-0.15, -0.1) is 11.3 Å². The monoisotopic (exact) mass is 405 g/mol. The van der Waals surface area contributed by atoms with Gasteiger partial charge in [0.2, 0.25) is 5.91 Å². The largest absolute Gasteiger partial charge is 0.481 e. The Morgan fingerprint density at radius 3 is 2.32 bits per heavy atom. The summed E-state index contributed by atoms with van der Waals surface area (Å²) in [5, 5.41) is 13.0. The zero-order valence-corrected chi connectivity index (χ0v) is 17.4. The molecule has 7 heteroatoms. The van der Waals surface area contributed by atoms with E-state index in [1.165, 1.54) is 18.4 Å². The predicted molar refractivity (Wildman–Crippen MR) is 108 cm³/mol. The van der Waals surface area contributed by atoms with Gasteiger partial charge in [-0.05, 0) is 57.9 Å². The number of allylic oxidation sites excluding steroid dienone is 2. The van der Waals surface area contributed by atoms with Crippen LogP contribution in [-0.4, -0.2) is 30.1 Å². The van der Waals surface area contributed by atoms with Crippen molar-refractivity contribution in [3.05, 3.63) is 27.2 Å². The molecule has 0 unspecified atom stereocenters. The molecule has 0 saturated heterocycles. The highest BCUT2D eigenvalue weighted by atomic mass is 32.1. The second-order valence-corrected chi connectivity index (χ2v) is 8.87. The maximum absolute atomic E-state index is 13.0. The Morgan fingerprint density at radius 2 is 1.68 bits per heavy atom. The van der Waals surface area contributed by atoms with Crippen LogP contribution in [0.5, 0.6) is 0 Å². The lowest BCUT2D eigenvalue weighted by Crippen LogP contribution is -2.36. The molecule has 6 nitrogen and oxygen atoms in total. The van der Waals surface area contributed by atoms with Crippen molar-refractivity contribution in [2.24, 2.45) is 11.8 Å². The minimum absolute atomic E-state index is 0.333. The fraction of sp³-hybridized carbons (Fsp3) is 0.571. The Labute approximate surface area is 169 Å². The van der Waals surface area contributed by atoms with Gasteiger partial charge >= 0.3 is 11.9 Å². The van der Waals surface area contributed by atoms with Gasteiger partial charge in [-0.3, -0.25) is 9.59 Å². The molecule has 1 aromatic heterocycles. The number of carbonyl (C=O) groups excluding carboxylic acids is 2. The van der Waals surface area contributed by atoms with Gasteiger partial charge in [0.25, 0.3) is 0 Å². The minimum atomic E-state index is -0.956. The molecule has 0 bridgehead atoms. The lowest BCUT2D eigenvalue weighted by atomic mass is 9.76. The first-order valence-electron chi connectivity index (χ1n) is 9.75. The van der Waals surface area contributed by atoms with Gasteiger partial charge < -0.3 is 15.2 Å². The standard InChI is InChI=1S/C21H27NO5S/c1-11-9-14(15(20(24)25)10-12(11)2)18(23)22-19-17(21(26)27-3)13-7-5-4-6-8-16(13)28-19/h14-15H,4-10H2,1-3H3,(H,22,23)(H,24,25)/t14-,15+/m1/s1. The Hall–Kier alpha value is -2.15. The number of carbonyl (C=O) groups is 3. The van der Waals surface area contributed by atoms with Crippen LogP contribution in [0.3, 0.4) is 0 Å². The predicted octanol–water partition coefficient (Wildman–Crippen LogP) is 4.19. The minimum Gasteiger partial charge on any atom is -0.481 e. The fourth-order valence-electron chi connectivity index (χ4n) is 4.18. The van der Waals surface area contributed by atoms with Crippen molar-refractivity contribution in [3.8, 4) is 0 Å². The van der Waals surface area contributed by atoms with Gasteiger partial charge in [0, 0.05) is 4.88 Å². The topological polar surface area (TPSA) is 92.7 Å². The molecular weight excluding hydrogens is 378 g/mol. The van der Waals surface area contributed by atoms with E-state index in [2.05, 4.69) is 5.32 Å². The summed E-state index contributed by atoms with van der Waals surface area (Å²) >= 11 is 1.43. The highest BCUT2D eigenvalue weighted by Gasteiger charge is 2.38. The number of aliphatic carboxylic acids is 1. The molecular formula is C21H27NO5S. The average Bonchev–Trinajstić information content (AvgIpc) is 2.83. The van der Waals surface area contributed by atoms with Gasteiger partial charge in [-0.2, -0.15) is 0 Å². The van der Waals surface area contributed by atoms with E-state index in [4.69, 9.17) is 4.74 Å². The van der Waals surface area contributed by atoms with Crippen molar-refractivity contribution >= 4 is 34.2 Å². The first-order chi connectivity index (χ1) is 13.3. The van der Waals surface area contributed by atoms with E-state index >= 15 is 0 Å². The molecule has 2 N–H and O–H groups in total. The lowest BCUT2D eigenvalue weighted by Gasteiger charge is -2.29. The number of anilines is 1. The maximum Gasteiger partial charge on any atom is 0.341 e. The molecule has 28 heavy (non-hydrogen) atoms. The van der Waals surface area contributed by atoms with Crippen LogP contribution >= 0.6 is 11.3 Å². The SMILES string of the molecule is COC(=O)c1c(NC(=O)[C@@H]2CC(C)=C(C)C[C@@H]2C(=O)O)sc2c1CCCCC2. The zero-order valence-electron chi connectivity index (χ0n) is 16.6. The zero-order chi connectivity index (χ0) is 20.4. The van der Waals surface area contributed by atoms with Crippen molar-refractivity contribution in [2.45, 2.75) is 58.8 Å². The molecule has 0 aromatic carbocycles. The number of methoxy groups -OCH3 is 1. The van der Waals surface area contributed by atoms with Crippen molar-refractivity contribution < 1.29 is 24.2 Å². The maximum atomic E-state index is 13.0. The molecule has 0 spiro atoms. The number of hydrogen-bond donors (Lipinski definition) is 2. The number of nitrogens with one attached hydrogen (secondary N) is 1. The first kappa shape index (κ1) is 20.6. The van der Waals surface area contributed by atoms with E-state index in [1.54, 1.807) is 0 Å². The van der Waals surface area contributed by atoms with E-state index in [1.807, 2.05) is 13.8 Å². The molecule has 152 valence electrons. The smallest absolute Gasteiger partial charge is 0.341 e. The number of carboxylic acids is 1. The average molecular weight is 406 g/mol. The van der Waals surface area contributed by atoms with E-state index in [-0.39, 0.29) is 5.91 Å². The Kier molecular flexibility index (Phi) is 6.23. The number of hydrogen-bond acceptors (Lipinski definition) is 5. The number of ether oxygens (including phenoxy) is 1. The molecule has 0 radical (unpaired) electrons. The van der Waals surface area contributed by atoms with Crippen LogP contribution < -0.4 is 5.32 Å². The van der Waals surface area contributed by atoms with Crippen molar-refractivity contribution in [1.29, 1.82) is 0 Å². The Morgan fingerprint density at radius 1 is 1.04 bits per heavy atom. The highest BCUT2D eigenvalue weighted by molar-refractivity contribution is 7.17. The lowest BCUT2D eigenvalue weighted by molar-refractivity contribution is -0.146. The third-order valence-electron chi connectivity index (χ3n) is 5.97. The second kappa shape index (κ2) is 8.47. The van der Waals surface area contributed by atoms with E-state index in [9.17, 15) is 19.5 Å². The first-order valence-corrected chi connectivity index (χ1v) is 10.6. The van der Waals surface area contributed by atoms with E-state index in [0.29, 0.717) is 23.4 Å². The summed E-state index contributed by atoms with van der Waals surface area (Å²) in [4.78, 5) is 38.3. The molecule has 2 aliphatic rings. The summed E-state index contributed by atoms with van der Waals surface area (Å²) in [7, 11) is 1.34. The second-order valence-electron chi connectivity index (χ2n) is 7.77. The molecule has 2 aliphatic carbocycles. The van der Waals surface area contributed by atoms with Crippen LogP contribution in [0.15, 0.2) is 11.1 Å². The molecule has 2 atom stereocenters. The Bertz CT molecular complexity index is 838. The van der Waals surface area contributed by atoms with Gasteiger partial charge in [-0.1, -0.05) is 17.6 Å². The van der Waals surface area contributed by atoms with Crippen LogP contribution in [0, 0.1) is 11.8 Å². The number of carboxylic acid groups (broad SMARTS) is 1. The number of rotatable bonds is 4. The summed E-state index contributed by atoms with van der Waals surface area (Å²) in [6, 6.07) is 0. The molecule has 3 rings (SSSR count). The molecule has 0 fully saturated rings. The summed E-state index contributed by atoms with van der Waals surface area (Å²) in [6.45, 7) is 3.87. The quantitative estimate of drug-likeness (QED) is 0.445. The van der Waals surface area contributed by atoms with Crippen LogP contribution in [0.25, 0.3) is 0 Å². The molecule has 1 aromatic rings. The molecule has 1 amide bonds. The van der Waals surface area contributed by atoms with Crippen molar-refractivity contribution in [1.82, 2.24) is 0 Å². The Balaban J connectivity index is 1.91. The number of fused-ring (bicyclic) bond motifs is 1. The number of esters is 1. The third kappa shape index (κ3) is 3.99. The van der Waals surface area contributed by atoms with Gasteiger partial charge in [0.1, 0.15) is 5.00 Å². The van der Waals surface area contributed by atoms with E-state index in [0.717, 1.165) is 53.7 Å². The summed E-state index contributed by atoms with van der Waals surface area (Å²) in [6.07, 6.45) is 5.69. The van der Waals surface area contributed by atoms with Gasteiger partial charge in [0.05, 0.1) is 24.5 Å². The van der Waals surface area contributed by atoms with Crippen molar-refractivity contribution in [2.75, 3.05) is 12.4 Å². The number of aryl methyl sites for hydroxylation is 1. The third-order valence-corrected chi connectivity index (χ3v) is 7.18. The summed E-state index contributed by atoms with van der Waals surface area (Å²) in [5.41, 5.74) is 3.53. The van der Waals surface area contributed by atoms with E-state index < -0.39 is 23.8 Å². The number of amides is 1. The van der Waals surface area contributed by atoms with Gasteiger partial charge in [-0.25, -0.2) is 4.79 Å². The summed E-state index contributed by atoms with van der Waals surface area (Å²) < 4.78 is 4.97. The van der Waals surface area contributed by atoms with Crippen molar-refractivity contribution in [3.63, 3.8) is 0 Å². The van der Waals surface area contributed by atoms with Gasteiger partial charge in [0.15, 0.2) is 0 Å². The fourth-order valence-corrected chi connectivity index (χ4v) is 5.46. The van der Waals surface area contributed by atoms with Crippen LogP contribution in [0.4, 0.5) is 5.00 Å². The van der Waals surface area contributed by atoms with Crippen LogP contribution in [0.2, 0.25) is 0 Å². The highest BCUT2D eigenvalue weighted by Crippen LogP contribution is 2.40. The van der Waals surface area contributed by atoms with Crippen LogP contribution in [-0.2, 0) is 27.2 Å². The number of thiophene rings is 1. The molecule has 0 saturated carbocycles. The normalized spacial score (nSPS) is 22.2. The van der Waals surface area contributed by atoms with Crippen LogP contribution in [0.1, 0.15) is 66.8 Å². The summed E-state index contributed by atoms with van der Waals surface area (Å²) in [5.74, 6) is -3.13.